The van der Waals surface area contributed by atoms with E-state index in [0.29, 0.717) is 28.9 Å². The molecular weight excluding hydrogens is 245 g/mol. The highest BCUT2D eigenvalue weighted by molar-refractivity contribution is 5.95. The highest BCUT2D eigenvalue weighted by Gasteiger charge is 2.16. The molecule has 0 aliphatic heterocycles. The highest BCUT2D eigenvalue weighted by atomic mass is 19.1. The minimum Gasteiger partial charge on any atom is -0.366 e. The molecule has 98 valence electrons. The maximum Gasteiger partial charge on any atom is 0.249 e. The van der Waals surface area contributed by atoms with Crippen molar-refractivity contribution in [2.45, 2.75) is 20.3 Å². The van der Waals surface area contributed by atoms with Gasteiger partial charge in [-0.05, 0) is 19.4 Å². The zero-order valence-corrected chi connectivity index (χ0v) is 10.8. The van der Waals surface area contributed by atoms with Crippen LogP contribution in [0.25, 0.3) is 11.1 Å². The van der Waals surface area contributed by atoms with Gasteiger partial charge in [0, 0.05) is 34.6 Å². The van der Waals surface area contributed by atoms with Crippen LogP contribution in [0.15, 0.2) is 24.5 Å². The number of nitrogens with two attached hydrogens (primary N) is 1. The third-order valence-corrected chi connectivity index (χ3v) is 2.95. The molecule has 0 aliphatic rings. The Labute approximate surface area is 110 Å². The maximum absolute atomic E-state index is 14.4. The van der Waals surface area contributed by atoms with E-state index in [2.05, 4.69) is 9.97 Å². The molecular formula is C14H14FN3O. The number of rotatable bonds is 3. The molecule has 19 heavy (non-hydrogen) atoms. The first-order valence-electron chi connectivity index (χ1n) is 5.94. The van der Waals surface area contributed by atoms with Crippen molar-refractivity contribution in [1.29, 1.82) is 0 Å². The Hall–Kier alpha value is -2.30. The lowest BCUT2D eigenvalue weighted by Gasteiger charge is -2.10. The van der Waals surface area contributed by atoms with Crippen LogP contribution in [-0.2, 0) is 6.42 Å². The zero-order chi connectivity index (χ0) is 14.0. The number of hydrogen-bond donors (Lipinski definition) is 1. The molecule has 1 heterocycles. The van der Waals surface area contributed by atoms with Crippen LogP contribution >= 0.6 is 0 Å². The van der Waals surface area contributed by atoms with Crippen LogP contribution in [0, 0.1) is 12.7 Å². The SMILES string of the molecule is CCc1c(C(N)=O)ccc(-c2cnc(C)nc2)c1F. The molecule has 1 aromatic heterocycles. The van der Waals surface area contributed by atoms with Crippen LogP contribution in [0.3, 0.4) is 0 Å². The monoisotopic (exact) mass is 259 g/mol. The Morgan fingerprint density at radius 3 is 2.47 bits per heavy atom. The van der Waals surface area contributed by atoms with E-state index in [1.807, 2.05) is 0 Å². The molecule has 0 bridgehead atoms. The fraction of sp³-hybridized carbons (Fsp3) is 0.214. The topological polar surface area (TPSA) is 68.9 Å². The van der Waals surface area contributed by atoms with Gasteiger partial charge in [0.05, 0.1) is 0 Å². The molecule has 0 saturated carbocycles. The lowest BCUT2D eigenvalue weighted by molar-refractivity contribution is 0.0999. The van der Waals surface area contributed by atoms with E-state index in [0.717, 1.165) is 0 Å². The molecule has 5 heteroatoms. The number of primary amides is 1. The molecule has 0 atom stereocenters. The molecule has 0 spiro atoms. The van der Waals surface area contributed by atoms with Crippen molar-refractivity contribution in [1.82, 2.24) is 9.97 Å². The van der Waals surface area contributed by atoms with E-state index in [-0.39, 0.29) is 5.56 Å². The average molecular weight is 259 g/mol. The summed E-state index contributed by atoms with van der Waals surface area (Å²) in [5, 5.41) is 0. The molecule has 1 aromatic carbocycles. The summed E-state index contributed by atoms with van der Waals surface area (Å²) < 4.78 is 14.4. The van der Waals surface area contributed by atoms with E-state index in [4.69, 9.17) is 5.73 Å². The van der Waals surface area contributed by atoms with Crippen molar-refractivity contribution >= 4 is 5.91 Å². The Morgan fingerprint density at radius 2 is 1.95 bits per heavy atom. The van der Waals surface area contributed by atoms with Gasteiger partial charge >= 0.3 is 0 Å². The van der Waals surface area contributed by atoms with Gasteiger partial charge in [-0.1, -0.05) is 13.0 Å². The average Bonchev–Trinajstić information content (AvgIpc) is 2.39. The lowest BCUT2D eigenvalue weighted by Crippen LogP contribution is -2.15. The van der Waals surface area contributed by atoms with Gasteiger partial charge in [0.1, 0.15) is 11.6 Å². The van der Waals surface area contributed by atoms with E-state index >= 15 is 0 Å². The molecule has 4 nitrogen and oxygen atoms in total. The number of aromatic nitrogens is 2. The fourth-order valence-electron chi connectivity index (χ4n) is 1.95. The summed E-state index contributed by atoms with van der Waals surface area (Å²) in [5.41, 5.74) is 6.74. The summed E-state index contributed by atoms with van der Waals surface area (Å²) in [6, 6.07) is 3.07. The molecule has 2 rings (SSSR count). The second-order valence-electron chi connectivity index (χ2n) is 4.19. The summed E-state index contributed by atoms with van der Waals surface area (Å²) in [7, 11) is 0. The smallest absolute Gasteiger partial charge is 0.249 e. The second-order valence-corrected chi connectivity index (χ2v) is 4.19. The lowest BCUT2D eigenvalue weighted by atomic mass is 9.97. The predicted molar refractivity (Wildman–Crippen MR) is 70.1 cm³/mol. The fourth-order valence-corrected chi connectivity index (χ4v) is 1.95. The highest BCUT2D eigenvalue weighted by Crippen LogP contribution is 2.26. The molecule has 1 amide bonds. The van der Waals surface area contributed by atoms with Gasteiger partial charge in [0.15, 0.2) is 0 Å². The van der Waals surface area contributed by atoms with Crippen LogP contribution in [0.1, 0.15) is 28.7 Å². The summed E-state index contributed by atoms with van der Waals surface area (Å²) >= 11 is 0. The van der Waals surface area contributed by atoms with Crippen molar-refractivity contribution in [2.24, 2.45) is 5.73 Å². The molecule has 0 radical (unpaired) electrons. The van der Waals surface area contributed by atoms with Gasteiger partial charge in [0.2, 0.25) is 5.91 Å². The first-order valence-corrected chi connectivity index (χ1v) is 5.94. The summed E-state index contributed by atoms with van der Waals surface area (Å²) in [6.45, 7) is 3.54. The van der Waals surface area contributed by atoms with Crippen LogP contribution < -0.4 is 5.73 Å². The Kier molecular flexibility index (Phi) is 3.55. The molecule has 0 fully saturated rings. The number of carbonyl (C=O) groups excluding carboxylic acids is 1. The Bertz CT molecular complexity index is 623. The molecule has 2 N–H and O–H groups in total. The Morgan fingerprint density at radius 1 is 1.32 bits per heavy atom. The van der Waals surface area contributed by atoms with Crippen LogP contribution in [-0.4, -0.2) is 15.9 Å². The number of aryl methyl sites for hydroxylation is 1. The van der Waals surface area contributed by atoms with Crippen molar-refractivity contribution in [3.8, 4) is 11.1 Å². The first-order chi connectivity index (χ1) is 9.04. The second kappa shape index (κ2) is 5.14. The summed E-state index contributed by atoms with van der Waals surface area (Å²) in [4.78, 5) is 19.3. The number of nitrogens with zero attached hydrogens (tertiary/aromatic N) is 2. The normalized spacial score (nSPS) is 10.5. The predicted octanol–water partition coefficient (Wildman–Crippen LogP) is 2.25. The zero-order valence-electron chi connectivity index (χ0n) is 10.8. The molecule has 0 unspecified atom stereocenters. The number of benzene rings is 1. The molecule has 0 saturated heterocycles. The van der Waals surface area contributed by atoms with Gasteiger partial charge in [-0.2, -0.15) is 0 Å². The van der Waals surface area contributed by atoms with Gasteiger partial charge in [0.25, 0.3) is 0 Å². The van der Waals surface area contributed by atoms with Gasteiger partial charge in [-0.15, -0.1) is 0 Å². The summed E-state index contributed by atoms with van der Waals surface area (Å²) in [6.07, 6.45) is 3.51. The van der Waals surface area contributed by atoms with E-state index in [9.17, 15) is 9.18 Å². The summed E-state index contributed by atoms with van der Waals surface area (Å²) in [5.74, 6) is -0.442. The molecule has 2 aromatic rings. The van der Waals surface area contributed by atoms with Gasteiger partial charge in [-0.3, -0.25) is 4.79 Å². The Balaban J connectivity index is 2.60. The van der Waals surface area contributed by atoms with Gasteiger partial charge < -0.3 is 5.73 Å². The minimum absolute atomic E-state index is 0.219. The van der Waals surface area contributed by atoms with Crippen LogP contribution in [0.5, 0.6) is 0 Å². The van der Waals surface area contributed by atoms with Crippen molar-refractivity contribution < 1.29 is 9.18 Å². The van der Waals surface area contributed by atoms with Crippen molar-refractivity contribution in [2.75, 3.05) is 0 Å². The standard InChI is InChI=1S/C14H14FN3O/c1-3-10-12(14(16)19)5-4-11(13(10)15)9-6-17-8(2)18-7-9/h4-7H,3H2,1-2H3,(H2,16,19). The molecule has 0 aliphatic carbocycles. The number of carbonyl (C=O) groups is 1. The van der Waals surface area contributed by atoms with E-state index in [1.165, 1.54) is 6.07 Å². The number of amides is 1. The van der Waals surface area contributed by atoms with Crippen LogP contribution in [0.4, 0.5) is 4.39 Å². The largest absolute Gasteiger partial charge is 0.366 e. The van der Waals surface area contributed by atoms with E-state index in [1.54, 1.807) is 32.3 Å². The first kappa shape index (κ1) is 13.1. The minimum atomic E-state index is -0.623. The third-order valence-electron chi connectivity index (χ3n) is 2.95. The van der Waals surface area contributed by atoms with Crippen LogP contribution in [0.2, 0.25) is 0 Å². The third kappa shape index (κ3) is 2.45. The number of hydrogen-bond acceptors (Lipinski definition) is 3. The maximum atomic E-state index is 14.4. The quantitative estimate of drug-likeness (QED) is 0.919. The van der Waals surface area contributed by atoms with Crippen molar-refractivity contribution in [3.63, 3.8) is 0 Å². The van der Waals surface area contributed by atoms with Gasteiger partial charge in [-0.25, -0.2) is 14.4 Å². The van der Waals surface area contributed by atoms with Crippen molar-refractivity contribution in [3.05, 3.63) is 47.3 Å². The number of halogens is 1. The van der Waals surface area contributed by atoms with E-state index < -0.39 is 11.7 Å².